The maximum absolute atomic E-state index is 5.92. The molecule has 0 bridgehead atoms. The third-order valence-electron chi connectivity index (χ3n) is 3.71. The number of hydrogen-bond donors (Lipinski definition) is 1. The second-order valence-corrected chi connectivity index (χ2v) is 5.01. The van der Waals surface area contributed by atoms with Crippen molar-refractivity contribution in [1.29, 1.82) is 0 Å². The molecule has 106 valence electrons. The van der Waals surface area contributed by atoms with Crippen molar-refractivity contribution in [2.75, 3.05) is 20.3 Å². The average molecular weight is 263 g/mol. The van der Waals surface area contributed by atoms with E-state index in [4.69, 9.17) is 9.47 Å². The number of ether oxygens (including phenoxy) is 2. The van der Waals surface area contributed by atoms with Gasteiger partial charge in [-0.25, -0.2) is 0 Å². The van der Waals surface area contributed by atoms with Crippen molar-refractivity contribution in [3.8, 4) is 5.75 Å². The molecule has 2 rings (SSSR count). The van der Waals surface area contributed by atoms with E-state index in [-0.39, 0.29) is 12.1 Å². The molecule has 0 saturated heterocycles. The molecule has 0 spiro atoms. The summed E-state index contributed by atoms with van der Waals surface area (Å²) >= 11 is 0. The van der Waals surface area contributed by atoms with Crippen molar-refractivity contribution in [3.05, 3.63) is 29.3 Å². The molecule has 0 saturated carbocycles. The summed E-state index contributed by atoms with van der Waals surface area (Å²) < 4.78 is 11.5. The molecule has 2 atom stereocenters. The van der Waals surface area contributed by atoms with Gasteiger partial charge in [-0.05, 0) is 37.6 Å². The topological polar surface area (TPSA) is 30.5 Å². The summed E-state index contributed by atoms with van der Waals surface area (Å²) in [6, 6.07) is 6.78. The predicted octanol–water partition coefficient (Wildman–Crippen LogP) is 3.09. The summed E-state index contributed by atoms with van der Waals surface area (Å²) in [5, 5.41) is 3.41. The highest BCUT2D eigenvalue weighted by Crippen LogP contribution is 2.30. The summed E-state index contributed by atoms with van der Waals surface area (Å²) in [7, 11) is 2.01. The molecule has 2 unspecified atom stereocenters. The van der Waals surface area contributed by atoms with Gasteiger partial charge in [0, 0.05) is 13.0 Å². The minimum absolute atomic E-state index is 0.236. The van der Waals surface area contributed by atoms with Gasteiger partial charge in [-0.15, -0.1) is 0 Å². The minimum Gasteiger partial charge on any atom is -0.493 e. The molecule has 3 nitrogen and oxygen atoms in total. The van der Waals surface area contributed by atoms with Crippen LogP contribution in [-0.2, 0) is 11.2 Å². The van der Waals surface area contributed by atoms with E-state index in [0.29, 0.717) is 0 Å². The van der Waals surface area contributed by atoms with Crippen LogP contribution in [0.5, 0.6) is 5.75 Å². The van der Waals surface area contributed by atoms with Gasteiger partial charge in [-0.2, -0.15) is 0 Å². The van der Waals surface area contributed by atoms with E-state index < -0.39 is 0 Å². The number of hydrogen-bond acceptors (Lipinski definition) is 3. The van der Waals surface area contributed by atoms with Crippen LogP contribution in [0.2, 0.25) is 0 Å². The fourth-order valence-electron chi connectivity index (χ4n) is 2.81. The summed E-state index contributed by atoms with van der Waals surface area (Å²) in [4.78, 5) is 0. The van der Waals surface area contributed by atoms with Crippen molar-refractivity contribution < 1.29 is 9.47 Å². The zero-order valence-electron chi connectivity index (χ0n) is 12.2. The predicted molar refractivity (Wildman–Crippen MR) is 77.8 cm³/mol. The molecule has 1 heterocycles. The van der Waals surface area contributed by atoms with Gasteiger partial charge < -0.3 is 14.8 Å². The average Bonchev–Trinajstić information content (AvgIpc) is 2.87. The fourth-order valence-corrected chi connectivity index (χ4v) is 2.81. The molecular weight excluding hydrogens is 238 g/mol. The van der Waals surface area contributed by atoms with Gasteiger partial charge in [-0.1, -0.05) is 25.5 Å². The molecule has 3 heteroatoms. The van der Waals surface area contributed by atoms with Crippen molar-refractivity contribution in [2.45, 2.75) is 45.3 Å². The zero-order chi connectivity index (χ0) is 13.7. The summed E-state index contributed by atoms with van der Waals surface area (Å²) in [6.07, 6.45) is 3.47. The van der Waals surface area contributed by atoms with Crippen LogP contribution in [0.1, 0.15) is 43.9 Å². The molecule has 0 aliphatic carbocycles. The monoisotopic (exact) mass is 263 g/mol. The second-order valence-electron chi connectivity index (χ2n) is 5.01. The van der Waals surface area contributed by atoms with E-state index in [1.54, 1.807) is 0 Å². The Hall–Kier alpha value is -1.06. The minimum atomic E-state index is 0.236. The van der Waals surface area contributed by atoms with E-state index >= 15 is 0 Å². The SMILES string of the molecule is CCCC(OCC)C(NC)c1ccc2c(c1)CCO2. The molecule has 0 amide bonds. The molecule has 1 aliphatic heterocycles. The largest absolute Gasteiger partial charge is 0.493 e. The molecule has 19 heavy (non-hydrogen) atoms. The fraction of sp³-hybridized carbons (Fsp3) is 0.625. The first kappa shape index (κ1) is 14.4. The lowest BCUT2D eigenvalue weighted by molar-refractivity contribution is 0.0295. The number of rotatable bonds is 7. The Morgan fingerprint density at radius 3 is 2.89 bits per heavy atom. The van der Waals surface area contributed by atoms with Crippen molar-refractivity contribution in [3.63, 3.8) is 0 Å². The highest BCUT2D eigenvalue weighted by molar-refractivity contribution is 5.41. The van der Waals surface area contributed by atoms with Gasteiger partial charge >= 0.3 is 0 Å². The van der Waals surface area contributed by atoms with Gasteiger partial charge in [0.05, 0.1) is 18.8 Å². The van der Waals surface area contributed by atoms with Crippen LogP contribution in [0.25, 0.3) is 0 Å². The van der Waals surface area contributed by atoms with Crippen LogP contribution in [0, 0.1) is 0 Å². The van der Waals surface area contributed by atoms with Crippen LogP contribution in [0.15, 0.2) is 18.2 Å². The second kappa shape index (κ2) is 6.92. The summed E-state index contributed by atoms with van der Waals surface area (Å²) in [5.41, 5.74) is 2.63. The zero-order valence-corrected chi connectivity index (χ0v) is 12.2. The Balaban J connectivity index is 2.19. The molecule has 1 aliphatic rings. The molecule has 0 aromatic heterocycles. The maximum atomic E-state index is 5.92. The number of likely N-dealkylation sites (N-methyl/N-ethyl adjacent to an activating group) is 1. The van der Waals surface area contributed by atoms with Crippen LogP contribution in [0.4, 0.5) is 0 Å². The molecular formula is C16H25NO2. The lowest BCUT2D eigenvalue weighted by Crippen LogP contribution is -2.31. The van der Waals surface area contributed by atoms with Gasteiger partial charge in [0.15, 0.2) is 0 Å². The van der Waals surface area contributed by atoms with E-state index in [1.807, 2.05) is 7.05 Å². The lowest BCUT2D eigenvalue weighted by Gasteiger charge is -2.27. The van der Waals surface area contributed by atoms with Gasteiger partial charge in [0.25, 0.3) is 0 Å². The highest BCUT2D eigenvalue weighted by Gasteiger charge is 2.23. The van der Waals surface area contributed by atoms with Gasteiger partial charge in [-0.3, -0.25) is 0 Å². The van der Waals surface area contributed by atoms with Crippen LogP contribution in [-0.4, -0.2) is 26.4 Å². The first-order valence-electron chi connectivity index (χ1n) is 7.34. The van der Waals surface area contributed by atoms with Crippen LogP contribution in [0.3, 0.4) is 0 Å². The highest BCUT2D eigenvalue weighted by atomic mass is 16.5. The molecule has 0 fully saturated rings. The van der Waals surface area contributed by atoms with E-state index in [1.165, 1.54) is 11.1 Å². The van der Waals surface area contributed by atoms with Crippen molar-refractivity contribution >= 4 is 0 Å². The van der Waals surface area contributed by atoms with E-state index in [0.717, 1.165) is 38.2 Å². The summed E-state index contributed by atoms with van der Waals surface area (Å²) in [5.74, 6) is 1.04. The Labute approximate surface area is 116 Å². The molecule has 1 N–H and O–H groups in total. The normalized spacial score (nSPS) is 16.8. The summed E-state index contributed by atoms with van der Waals surface area (Å²) in [6.45, 7) is 5.84. The molecule has 1 aromatic rings. The Morgan fingerprint density at radius 2 is 2.21 bits per heavy atom. The van der Waals surface area contributed by atoms with Crippen molar-refractivity contribution in [2.24, 2.45) is 0 Å². The van der Waals surface area contributed by atoms with Crippen molar-refractivity contribution in [1.82, 2.24) is 5.32 Å². The lowest BCUT2D eigenvalue weighted by atomic mass is 9.96. The third-order valence-corrected chi connectivity index (χ3v) is 3.71. The van der Waals surface area contributed by atoms with Crippen LogP contribution >= 0.6 is 0 Å². The van der Waals surface area contributed by atoms with E-state index in [2.05, 4.69) is 37.4 Å². The number of fused-ring (bicyclic) bond motifs is 1. The Morgan fingerprint density at radius 1 is 1.37 bits per heavy atom. The number of benzene rings is 1. The van der Waals surface area contributed by atoms with Gasteiger partial charge in [0.1, 0.15) is 5.75 Å². The molecule has 1 aromatic carbocycles. The first-order chi connectivity index (χ1) is 9.30. The maximum Gasteiger partial charge on any atom is 0.122 e. The Bertz CT molecular complexity index is 400. The first-order valence-corrected chi connectivity index (χ1v) is 7.34. The van der Waals surface area contributed by atoms with E-state index in [9.17, 15) is 0 Å². The quantitative estimate of drug-likeness (QED) is 0.820. The molecule has 0 radical (unpaired) electrons. The number of nitrogens with one attached hydrogen (secondary N) is 1. The van der Waals surface area contributed by atoms with Crippen LogP contribution < -0.4 is 10.1 Å². The third kappa shape index (κ3) is 3.28. The standard InChI is InChI=1S/C16H25NO2/c1-4-6-15(18-5-2)16(17-3)13-7-8-14-12(11-13)9-10-19-14/h7-8,11,15-17H,4-6,9-10H2,1-3H3. The van der Waals surface area contributed by atoms with Gasteiger partial charge in [0.2, 0.25) is 0 Å². The Kier molecular flexibility index (Phi) is 5.23. The smallest absolute Gasteiger partial charge is 0.122 e.